The molecule has 2 heterocycles. The molecular weight excluding hydrogens is 240 g/mol. The van der Waals surface area contributed by atoms with Crippen molar-refractivity contribution in [3.63, 3.8) is 0 Å². The van der Waals surface area contributed by atoms with E-state index in [1.54, 1.807) is 0 Å². The van der Waals surface area contributed by atoms with Crippen LogP contribution >= 0.6 is 0 Å². The van der Waals surface area contributed by atoms with Crippen LogP contribution in [-0.4, -0.2) is 24.6 Å². The highest BCUT2D eigenvalue weighted by Crippen LogP contribution is 2.23. The van der Waals surface area contributed by atoms with E-state index in [2.05, 4.69) is 9.97 Å². The van der Waals surface area contributed by atoms with Crippen LogP contribution in [0.1, 0.15) is 5.69 Å². The van der Waals surface area contributed by atoms with Crippen LogP contribution < -0.4 is 5.73 Å². The lowest BCUT2D eigenvalue weighted by atomic mass is 10.2. The van der Waals surface area contributed by atoms with Gasteiger partial charge in [-0.1, -0.05) is 0 Å². The van der Waals surface area contributed by atoms with Crippen molar-refractivity contribution in [1.29, 1.82) is 5.26 Å². The Kier molecular flexibility index (Phi) is 2.44. The molecule has 0 aromatic carbocycles. The van der Waals surface area contributed by atoms with Gasteiger partial charge in [-0.15, -0.1) is 0 Å². The van der Waals surface area contributed by atoms with E-state index >= 15 is 0 Å². The molecule has 0 aliphatic heterocycles. The smallest absolute Gasteiger partial charge is 0.193 e. The SMILES string of the molecule is CS(=O)(=O)c1nc(C#N)cc2cnc(N)cc12. The van der Waals surface area contributed by atoms with E-state index in [4.69, 9.17) is 11.0 Å². The number of pyridine rings is 2. The summed E-state index contributed by atoms with van der Waals surface area (Å²) in [5.41, 5.74) is 5.54. The lowest BCUT2D eigenvalue weighted by Crippen LogP contribution is -2.04. The number of rotatable bonds is 1. The summed E-state index contributed by atoms with van der Waals surface area (Å²) in [6.07, 6.45) is 2.45. The van der Waals surface area contributed by atoms with Crippen LogP contribution in [0.2, 0.25) is 0 Å². The van der Waals surface area contributed by atoms with E-state index in [1.165, 1.54) is 18.3 Å². The third-order valence-corrected chi connectivity index (χ3v) is 3.18. The Bertz CT molecular complexity index is 747. The molecule has 0 spiro atoms. The van der Waals surface area contributed by atoms with Crippen LogP contribution in [0.15, 0.2) is 23.4 Å². The standard InChI is InChI=1S/C10H8N4O2S/c1-17(15,16)10-8-3-9(12)13-5-6(8)2-7(4-11)14-10/h2-3,5H,1H3,(H2,12,13). The van der Waals surface area contributed by atoms with Gasteiger partial charge in [-0.05, 0) is 12.1 Å². The summed E-state index contributed by atoms with van der Waals surface area (Å²) in [5, 5.41) is 9.53. The third-order valence-electron chi connectivity index (χ3n) is 2.17. The predicted octanol–water partition coefficient (Wildman–Crippen LogP) is 0.487. The van der Waals surface area contributed by atoms with Gasteiger partial charge in [0.25, 0.3) is 0 Å². The largest absolute Gasteiger partial charge is 0.384 e. The van der Waals surface area contributed by atoms with E-state index < -0.39 is 9.84 Å². The zero-order valence-electron chi connectivity index (χ0n) is 8.88. The topological polar surface area (TPSA) is 110 Å². The summed E-state index contributed by atoms with van der Waals surface area (Å²) in [6, 6.07) is 4.71. The Hall–Kier alpha value is -2.20. The number of hydrogen-bond donors (Lipinski definition) is 1. The Morgan fingerprint density at radius 1 is 1.41 bits per heavy atom. The van der Waals surface area contributed by atoms with Gasteiger partial charge in [0, 0.05) is 23.2 Å². The first kappa shape index (κ1) is 11.3. The maximum absolute atomic E-state index is 11.6. The molecule has 7 heteroatoms. The monoisotopic (exact) mass is 248 g/mol. The van der Waals surface area contributed by atoms with Crippen LogP contribution in [0.4, 0.5) is 5.82 Å². The first-order chi connectivity index (χ1) is 7.91. The number of nitriles is 1. The van der Waals surface area contributed by atoms with Gasteiger partial charge < -0.3 is 5.73 Å². The van der Waals surface area contributed by atoms with Gasteiger partial charge in [0.05, 0.1) is 0 Å². The molecule has 0 aliphatic carbocycles. The van der Waals surface area contributed by atoms with Gasteiger partial charge in [-0.25, -0.2) is 18.4 Å². The van der Waals surface area contributed by atoms with Crippen molar-refractivity contribution in [2.45, 2.75) is 5.03 Å². The van der Waals surface area contributed by atoms with Crippen LogP contribution in [0.3, 0.4) is 0 Å². The van der Waals surface area contributed by atoms with Crippen molar-refractivity contribution in [3.05, 3.63) is 24.0 Å². The second-order valence-corrected chi connectivity index (χ2v) is 5.46. The minimum absolute atomic E-state index is 0.0319. The Morgan fingerprint density at radius 2 is 2.12 bits per heavy atom. The van der Waals surface area contributed by atoms with E-state index in [-0.39, 0.29) is 16.5 Å². The molecule has 2 rings (SSSR count). The fraction of sp³-hybridized carbons (Fsp3) is 0.100. The highest BCUT2D eigenvalue weighted by atomic mass is 32.2. The lowest BCUT2D eigenvalue weighted by molar-refractivity contribution is 0.599. The molecule has 0 amide bonds. The van der Waals surface area contributed by atoms with Crippen molar-refractivity contribution in [3.8, 4) is 6.07 Å². The third kappa shape index (κ3) is 2.03. The van der Waals surface area contributed by atoms with Crippen molar-refractivity contribution in [2.75, 3.05) is 12.0 Å². The molecule has 0 aliphatic rings. The summed E-state index contributed by atoms with van der Waals surface area (Å²) < 4.78 is 23.2. The maximum Gasteiger partial charge on any atom is 0.193 e. The first-order valence-electron chi connectivity index (χ1n) is 4.58. The Balaban J connectivity index is 2.98. The quantitative estimate of drug-likeness (QED) is 0.786. The van der Waals surface area contributed by atoms with E-state index in [9.17, 15) is 8.42 Å². The summed E-state index contributed by atoms with van der Waals surface area (Å²) in [5.74, 6) is 0.203. The zero-order valence-corrected chi connectivity index (χ0v) is 9.69. The molecular formula is C10H8N4O2S. The number of sulfone groups is 1. The Labute approximate surface area is 97.6 Å². The van der Waals surface area contributed by atoms with E-state index in [1.807, 2.05) is 6.07 Å². The molecule has 0 fully saturated rings. The molecule has 2 aromatic heterocycles. The van der Waals surface area contributed by atoms with Crippen LogP contribution in [-0.2, 0) is 9.84 Å². The summed E-state index contributed by atoms with van der Waals surface area (Å²) >= 11 is 0. The predicted molar refractivity (Wildman–Crippen MR) is 61.8 cm³/mol. The number of nitrogens with two attached hydrogens (primary N) is 1. The number of nitrogen functional groups attached to an aromatic ring is 1. The minimum Gasteiger partial charge on any atom is -0.384 e. The van der Waals surface area contributed by atoms with Crippen molar-refractivity contribution >= 4 is 26.4 Å². The second kappa shape index (κ2) is 3.68. The number of nitrogens with zero attached hydrogens (tertiary/aromatic N) is 3. The fourth-order valence-electron chi connectivity index (χ4n) is 1.47. The minimum atomic E-state index is -3.52. The van der Waals surface area contributed by atoms with Crippen LogP contribution in [0.25, 0.3) is 10.8 Å². The van der Waals surface area contributed by atoms with Gasteiger partial charge in [0.2, 0.25) is 0 Å². The van der Waals surface area contributed by atoms with E-state index in [0.717, 1.165) is 6.26 Å². The number of anilines is 1. The first-order valence-corrected chi connectivity index (χ1v) is 6.47. The average Bonchev–Trinajstić information content (AvgIpc) is 2.26. The Morgan fingerprint density at radius 3 is 2.71 bits per heavy atom. The number of aromatic nitrogens is 2. The van der Waals surface area contributed by atoms with Crippen molar-refractivity contribution < 1.29 is 8.42 Å². The second-order valence-electron chi connectivity index (χ2n) is 3.53. The van der Waals surface area contributed by atoms with Crippen molar-refractivity contribution in [1.82, 2.24) is 9.97 Å². The summed E-state index contributed by atoms with van der Waals surface area (Å²) in [6.45, 7) is 0. The van der Waals surface area contributed by atoms with Crippen molar-refractivity contribution in [2.24, 2.45) is 0 Å². The average molecular weight is 248 g/mol. The van der Waals surface area contributed by atoms with Gasteiger partial charge >= 0.3 is 0 Å². The molecule has 2 aromatic rings. The molecule has 2 N–H and O–H groups in total. The summed E-state index contributed by atoms with van der Waals surface area (Å²) in [4.78, 5) is 7.65. The van der Waals surface area contributed by atoms with Crippen LogP contribution in [0, 0.1) is 11.3 Å². The number of hydrogen-bond acceptors (Lipinski definition) is 6. The lowest BCUT2D eigenvalue weighted by Gasteiger charge is -2.04. The summed E-state index contributed by atoms with van der Waals surface area (Å²) in [7, 11) is -3.52. The van der Waals surface area contributed by atoms with E-state index in [0.29, 0.717) is 10.8 Å². The molecule has 86 valence electrons. The van der Waals surface area contributed by atoms with Crippen LogP contribution in [0.5, 0.6) is 0 Å². The highest BCUT2D eigenvalue weighted by Gasteiger charge is 2.16. The molecule has 0 saturated carbocycles. The molecule has 0 unspecified atom stereocenters. The fourth-order valence-corrected chi connectivity index (χ4v) is 2.31. The highest BCUT2D eigenvalue weighted by molar-refractivity contribution is 7.90. The molecule has 17 heavy (non-hydrogen) atoms. The molecule has 0 saturated heterocycles. The van der Waals surface area contributed by atoms with Gasteiger partial charge in [0.1, 0.15) is 17.6 Å². The van der Waals surface area contributed by atoms with Gasteiger partial charge in [-0.3, -0.25) is 0 Å². The molecule has 0 radical (unpaired) electrons. The molecule has 0 bridgehead atoms. The normalized spacial score (nSPS) is 11.3. The zero-order chi connectivity index (χ0) is 12.6. The molecule has 0 atom stereocenters. The molecule has 6 nitrogen and oxygen atoms in total. The number of fused-ring (bicyclic) bond motifs is 1. The van der Waals surface area contributed by atoms with Gasteiger partial charge in [0.15, 0.2) is 14.9 Å². The van der Waals surface area contributed by atoms with Gasteiger partial charge in [-0.2, -0.15) is 5.26 Å². The maximum atomic E-state index is 11.6.